The molecule has 0 radical (unpaired) electrons. The number of ketones is 1. The molecule has 1 aromatic carbocycles. The Morgan fingerprint density at radius 3 is 2.86 bits per heavy atom. The first-order valence-electron chi connectivity index (χ1n) is 7.16. The van der Waals surface area contributed by atoms with Crippen molar-refractivity contribution in [2.24, 2.45) is 0 Å². The van der Waals surface area contributed by atoms with Gasteiger partial charge in [-0.25, -0.2) is 4.39 Å². The number of carbonyl (C=O) groups is 1. The molecular weight excluding hydrogens is 291 g/mol. The van der Waals surface area contributed by atoms with Crippen molar-refractivity contribution in [3.63, 3.8) is 0 Å². The van der Waals surface area contributed by atoms with Crippen molar-refractivity contribution in [2.45, 2.75) is 38.1 Å². The van der Waals surface area contributed by atoms with Gasteiger partial charge < -0.3 is 0 Å². The van der Waals surface area contributed by atoms with Gasteiger partial charge in [0.25, 0.3) is 0 Å². The molecule has 0 unspecified atom stereocenters. The second-order valence-corrected chi connectivity index (χ2v) is 5.83. The average Bonchev–Trinajstić information content (AvgIpc) is 3.12. The molecule has 3 nitrogen and oxygen atoms in total. The quantitative estimate of drug-likeness (QED) is 0.793. The van der Waals surface area contributed by atoms with Gasteiger partial charge in [0.2, 0.25) is 0 Å². The molecule has 2 aromatic rings. The Hall–Kier alpha value is -1.68. The SMILES string of the molecule is O=C(Cc1ccn(C2CCCC2)n1)c1cccc(Cl)c1F. The van der Waals surface area contributed by atoms with Crippen LogP contribution in [-0.4, -0.2) is 15.6 Å². The Morgan fingerprint density at radius 2 is 2.10 bits per heavy atom. The van der Waals surface area contributed by atoms with Gasteiger partial charge in [-0.15, -0.1) is 0 Å². The fraction of sp³-hybridized carbons (Fsp3) is 0.375. The van der Waals surface area contributed by atoms with Crippen LogP contribution in [0.5, 0.6) is 0 Å². The van der Waals surface area contributed by atoms with E-state index in [2.05, 4.69) is 5.10 Å². The predicted molar refractivity (Wildman–Crippen MR) is 79.2 cm³/mol. The summed E-state index contributed by atoms with van der Waals surface area (Å²) in [5, 5.41) is 4.42. The van der Waals surface area contributed by atoms with Crippen LogP contribution in [0.4, 0.5) is 4.39 Å². The molecule has 110 valence electrons. The molecular formula is C16H16ClFN2O. The smallest absolute Gasteiger partial charge is 0.171 e. The Balaban J connectivity index is 1.74. The van der Waals surface area contributed by atoms with Crippen molar-refractivity contribution in [1.82, 2.24) is 9.78 Å². The number of carbonyl (C=O) groups excluding carboxylic acids is 1. The zero-order valence-corrected chi connectivity index (χ0v) is 12.3. The monoisotopic (exact) mass is 306 g/mol. The number of hydrogen-bond acceptors (Lipinski definition) is 2. The number of hydrogen-bond donors (Lipinski definition) is 0. The zero-order chi connectivity index (χ0) is 14.8. The summed E-state index contributed by atoms with van der Waals surface area (Å²) < 4.78 is 15.8. The van der Waals surface area contributed by atoms with Crippen LogP contribution >= 0.6 is 11.6 Å². The van der Waals surface area contributed by atoms with Crippen molar-refractivity contribution < 1.29 is 9.18 Å². The van der Waals surface area contributed by atoms with Crippen molar-refractivity contribution in [1.29, 1.82) is 0 Å². The molecule has 1 heterocycles. The molecule has 0 saturated heterocycles. The highest BCUT2D eigenvalue weighted by Crippen LogP contribution is 2.28. The topological polar surface area (TPSA) is 34.9 Å². The highest BCUT2D eigenvalue weighted by atomic mass is 35.5. The lowest BCUT2D eigenvalue weighted by atomic mass is 10.1. The number of nitrogens with zero attached hydrogens (tertiary/aromatic N) is 2. The van der Waals surface area contributed by atoms with E-state index in [1.54, 1.807) is 6.07 Å². The minimum absolute atomic E-state index is 0.0258. The minimum atomic E-state index is -0.653. The molecule has 0 amide bonds. The van der Waals surface area contributed by atoms with Gasteiger partial charge in [0.05, 0.1) is 28.7 Å². The Bertz CT molecular complexity index is 662. The van der Waals surface area contributed by atoms with Gasteiger partial charge in [0.15, 0.2) is 11.6 Å². The Labute approximate surface area is 127 Å². The first-order chi connectivity index (χ1) is 10.1. The fourth-order valence-electron chi connectivity index (χ4n) is 2.82. The molecule has 0 N–H and O–H groups in total. The normalized spacial score (nSPS) is 15.5. The van der Waals surface area contributed by atoms with E-state index >= 15 is 0 Å². The van der Waals surface area contributed by atoms with Gasteiger partial charge in [-0.3, -0.25) is 9.48 Å². The van der Waals surface area contributed by atoms with Crippen LogP contribution in [0.25, 0.3) is 0 Å². The molecule has 0 atom stereocenters. The fourth-order valence-corrected chi connectivity index (χ4v) is 3.00. The lowest BCUT2D eigenvalue weighted by Crippen LogP contribution is -2.09. The number of rotatable bonds is 4. The van der Waals surface area contributed by atoms with Crippen LogP contribution in [0, 0.1) is 5.82 Å². The van der Waals surface area contributed by atoms with Crippen molar-refractivity contribution in [2.75, 3.05) is 0 Å². The Morgan fingerprint density at radius 1 is 1.33 bits per heavy atom. The standard InChI is InChI=1S/C16H16ClFN2O/c17-14-7-3-6-13(16(14)18)15(21)10-11-8-9-20(19-11)12-4-1-2-5-12/h3,6-9,12H,1-2,4-5,10H2. The zero-order valence-electron chi connectivity index (χ0n) is 11.6. The van der Waals surface area contributed by atoms with Gasteiger partial charge in [0.1, 0.15) is 0 Å². The highest BCUT2D eigenvalue weighted by Gasteiger charge is 2.19. The van der Waals surface area contributed by atoms with Gasteiger partial charge in [-0.1, -0.05) is 30.5 Å². The van der Waals surface area contributed by atoms with Crippen LogP contribution in [-0.2, 0) is 6.42 Å². The molecule has 0 aliphatic heterocycles. The molecule has 1 aromatic heterocycles. The number of benzene rings is 1. The van der Waals surface area contributed by atoms with Crippen LogP contribution in [0.3, 0.4) is 0 Å². The van der Waals surface area contributed by atoms with Gasteiger partial charge in [-0.2, -0.15) is 5.10 Å². The number of halogens is 2. The minimum Gasteiger partial charge on any atom is -0.294 e. The Kier molecular flexibility index (Phi) is 4.06. The van der Waals surface area contributed by atoms with Gasteiger partial charge >= 0.3 is 0 Å². The van der Waals surface area contributed by atoms with E-state index in [0.717, 1.165) is 12.8 Å². The number of Topliss-reactive ketones (excluding diaryl/α,β-unsaturated/α-hetero) is 1. The molecule has 5 heteroatoms. The molecule has 1 aliphatic carbocycles. The highest BCUT2D eigenvalue weighted by molar-refractivity contribution is 6.31. The lowest BCUT2D eigenvalue weighted by Gasteiger charge is -2.08. The summed E-state index contributed by atoms with van der Waals surface area (Å²) in [7, 11) is 0. The predicted octanol–water partition coefficient (Wildman–Crippen LogP) is 4.22. The van der Waals surface area contributed by atoms with E-state index in [1.807, 2.05) is 16.9 Å². The van der Waals surface area contributed by atoms with Crippen LogP contribution in [0.2, 0.25) is 5.02 Å². The van der Waals surface area contributed by atoms with Crippen LogP contribution in [0.15, 0.2) is 30.5 Å². The molecule has 1 saturated carbocycles. The third-order valence-corrected chi connectivity index (χ3v) is 4.25. The summed E-state index contributed by atoms with van der Waals surface area (Å²) in [4.78, 5) is 12.2. The maximum atomic E-state index is 13.8. The summed E-state index contributed by atoms with van der Waals surface area (Å²) in [6, 6.07) is 6.74. The van der Waals surface area contributed by atoms with Crippen molar-refractivity contribution >= 4 is 17.4 Å². The number of aromatic nitrogens is 2. The molecule has 1 fully saturated rings. The lowest BCUT2D eigenvalue weighted by molar-refractivity contribution is 0.0988. The second kappa shape index (κ2) is 5.98. The maximum absolute atomic E-state index is 13.8. The van der Waals surface area contributed by atoms with E-state index < -0.39 is 5.82 Å². The van der Waals surface area contributed by atoms with Crippen molar-refractivity contribution in [3.05, 3.63) is 52.6 Å². The second-order valence-electron chi connectivity index (χ2n) is 5.43. The molecule has 3 rings (SSSR count). The third kappa shape index (κ3) is 3.00. The maximum Gasteiger partial charge on any atom is 0.171 e. The van der Waals surface area contributed by atoms with E-state index in [0.29, 0.717) is 11.7 Å². The summed E-state index contributed by atoms with van der Waals surface area (Å²) in [5.41, 5.74) is 0.698. The van der Waals surface area contributed by atoms with E-state index in [-0.39, 0.29) is 22.8 Å². The molecule has 0 spiro atoms. The largest absolute Gasteiger partial charge is 0.294 e. The first-order valence-corrected chi connectivity index (χ1v) is 7.54. The van der Waals surface area contributed by atoms with Crippen molar-refractivity contribution in [3.8, 4) is 0 Å². The first kappa shape index (κ1) is 14.3. The van der Waals surface area contributed by atoms with E-state index in [4.69, 9.17) is 11.6 Å². The summed E-state index contributed by atoms with van der Waals surface area (Å²) in [6.45, 7) is 0. The van der Waals surface area contributed by atoms with Crippen LogP contribution in [0.1, 0.15) is 47.8 Å². The molecule has 0 bridgehead atoms. The van der Waals surface area contributed by atoms with E-state index in [1.165, 1.54) is 25.0 Å². The average molecular weight is 307 g/mol. The molecule has 21 heavy (non-hydrogen) atoms. The van der Waals surface area contributed by atoms with Gasteiger partial charge in [-0.05, 0) is 31.0 Å². The van der Waals surface area contributed by atoms with E-state index in [9.17, 15) is 9.18 Å². The van der Waals surface area contributed by atoms with Crippen LogP contribution < -0.4 is 0 Å². The summed E-state index contributed by atoms with van der Waals surface area (Å²) in [5.74, 6) is -0.953. The van der Waals surface area contributed by atoms with Gasteiger partial charge in [0, 0.05) is 6.20 Å². The molecule has 1 aliphatic rings. The summed E-state index contributed by atoms with van der Waals surface area (Å²) in [6.07, 6.45) is 6.74. The third-order valence-electron chi connectivity index (χ3n) is 3.96. The summed E-state index contributed by atoms with van der Waals surface area (Å²) >= 11 is 5.70.